The van der Waals surface area contributed by atoms with Crippen molar-refractivity contribution in [3.63, 3.8) is 0 Å². The van der Waals surface area contributed by atoms with Crippen LogP contribution in [0.25, 0.3) is 0 Å². The molecular weight excluding hydrogens is 301 g/mol. The van der Waals surface area contributed by atoms with Gasteiger partial charge in [0.25, 0.3) is 0 Å². The van der Waals surface area contributed by atoms with E-state index in [4.69, 9.17) is 5.11 Å². The van der Waals surface area contributed by atoms with Crippen molar-refractivity contribution < 1.29 is 45.7 Å². The van der Waals surface area contributed by atoms with Crippen LogP contribution in [0, 0.1) is 5.92 Å². The summed E-state index contributed by atoms with van der Waals surface area (Å²) in [7, 11) is 0. The molecule has 0 aromatic rings. The molecule has 0 heterocycles. The van der Waals surface area contributed by atoms with Gasteiger partial charge in [0.1, 0.15) is 6.04 Å². The zero-order chi connectivity index (χ0) is 16.8. The Kier molecular flexibility index (Phi) is 18.4. The van der Waals surface area contributed by atoms with Crippen LogP contribution >= 0.6 is 0 Å². The van der Waals surface area contributed by atoms with Gasteiger partial charge in [-0.1, -0.05) is 78.6 Å². The molecule has 0 spiro atoms. The Morgan fingerprint density at radius 2 is 1.43 bits per heavy atom. The van der Waals surface area contributed by atoms with E-state index in [0.29, 0.717) is 6.42 Å². The second kappa shape index (κ2) is 16.8. The molecule has 2 unspecified atom stereocenters. The number of carboxylic acids is 1. The maximum atomic E-state index is 11.8. The second-order valence-electron chi connectivity index (χ2n) is 6.35. The Hall–Kier alpha value is -0.0600. The molecule has 0 radical (unpaired) electrons. The summed E-state index contributed by atoms with van der Waals surface area (Å²) in [4.78, 5) is 23.0. The maximum Gasteiger partial charge on any atom is 1.00 e. The van der Waals surface area contributed by atoms with E-state index in [1.54, 1.807) is 0 Å². The minimum atomic E-state index is -0.935. The molecule has 0 rings (SSSR count). The summed E-state index contributed by atoms with van der Waals surface area (Å²) in [5, 5.41) is 11.8. The van der Waals surface area contributed by atoms with Crippen molar-refractivity contribution in [1.29, 1.82) is 0 Å². The summed E-state index contributed by atoms with van der Waals surface area (Å²) < 4.78 is 0. The Morgan fingerprint density at radius 3 is 1.87 bits per heavy atom. The van der Waals surface area contributed by atoms with Crippen molar-refractivity contribution in [2.75, 3.05) is 0 Å². The summed E-state index contributed by atoms with van der Waals surface area (Å²) in [6, 6.07) is -0.754. The van der Waals surface area contributed by atoms with Crippen molar-refractivity contribution in [2.24, 2.45) is 5.92 Å². The van der Waals surface area contributed by atoms with Crippen LogP contribution in [-0.2, 0) is 9.59 Å². The van der Waals surface area contributed by atoms with Gasteiger partial charge in [0, 0.05) is 6.42 Å². The molecule has 1 amide bonds. The molecule has 0 bridgehead atoms. The fourth-order valence-corrected chi connectivity index (χ4v) is 2.52. The molecule has 0 aromatic heterocycles. The molecule has 0 fully saturated rings. The molecule has 132 valence electrons. The first-order chi connectivity index (χ1) is 10.5. The van der Waals surface area contributed by atoms with Crippen LogP contribution in [0.15, 0.2) is 0 Å². The van der Waals surface area contributed by atoms with E-state index in [9.17, 15) is 9.59 Å². The topological polar surface area (TPSA) is 66.4 Å². The molecule has 0 aromatic carbocycles. The summed E-state index contributed by atoms with van der Waals surface area (Å²) in [5.41, 5.74) is 0. The normalized spacial score (nSPS) is 13.0. The molecule has 0 aliphatic heterocycles. The molecule has 0 aliphatic rings. The Balaban J connectivity index is -0.00000220. The van der Waals surface area contributed by atoms with Gasteiger partial charge in [0.15, 0.2) is 0 Å². The number of carbonyl (C=O) groups is 2. The number of unbranched alkanes of at least 4 members (excludes halogenated alkanes) is 8. The Bertz CT molecular complexity index is 317. The second-order valence-corrected chi connectivity index (χ2v) is 6.35. The number of hydrogen-bond donors (Lipinski definition) is 2. The number of carbonyl (C=O) groups excluding carboxylic acids is 1. The summed E-state index contributed by atoms with van der Waals surface area (Å²) in [6.07, 6.45) is 12.1. The Morgan fingerprint density at radius 1 is 0.957 bits per heavy atom. The van der Waals surface area contributed by atoms with E-state index in [1.807, 2.05) is 13.8 Å². The number of nitrogens with one attached hydrogen (secondary N) is 1. The van der Waals surface area contributed by atoms with Crippen molar-refractivity contribution in [2.45, 2.75) is 97.4 Å². The number of rotatable bonds is 14. The predicted molar refractivity (Wildman–Crippen MR) is 92.0 cm³/mol. The maximum absolute atomic E-state index is 11.8. The van der Waals surface area contributed by atoms with E-state index < -0.39 is 12.0 Å². The average Bonchev–Trinajstić information content (AvgIpc) is 2.50. The third-order valence-electron chi connectivity index (χ3n) is 4.30. The molecule has 0 aliphatic carbocycles. The van der Waals surface area contributed by atoms with E-state index >= 15 is 0 Å². The van der Waals surface area contributed by atoms with Gasteiger partial charge in [-0.3, -0.25) is 4.79 Å². The summed E-state index contributed by atoms with van der Waals surface area (Å²) in [6.45, 7) is 6.02. The van der Waals surface area contributed by atoms with Crippen LogP contribution in [0.2, 0.25) is 0 Å². The fraction of sp³-hybridized carbons (Fsp3) is 0.889. The molecule has 5 heteroatoms. The van der Waals surface area contributed by atoms with Crippen LogP contribution in [0.5, 0.6) is 0 Å². The Labute approximate surface area is 166 Å². The largest absolute Gasteiger partial charge is 1.00 e. The average molecular weight is 337 g/mol. The van der Waals surface area contributed by atoms with E-state index in [2.05, 4.69) is 12.2 Å². The first kappa shape index (κ1) is 25.2. The molecule has 0 saturated carbocycles. The van der Waals surface area contributed by atoms with Gasteiger partial charge in [-0.15, -0.1) is 0 Å². The predicted octanol–water partition coefficient (Wildman–Crippen LogP) is 1.64. The van der Waals surface area contributed by atoms with E-state index in [-0.39, 0.29) is 42.8 Å². The van der Waals surface area contributed by atoms with Crippen LogP contribution in [0.1, 0.15) is 92.8 Å². The number of hydrogen-bond acceptors (Lipinski definition) is 2. The molecule has 4 nitrogen and oxygen atoms in total. The zero-order valence-electron chi connectivity index (χ0n) is 16.7. The molecule has 2 atom stereocenters. The van der Waals surface area contributed by atoms with Gasteiger partial charge in [-0.05, 0) is 12.3 Å². The van der Waals surface area contributed by atoms with Gasteiger partial charge >= 0.3 is 35.5 Å². The smallest absolute Gasteiger partial charge is 1.00 e. The quantitative estimate of drug-likeness (QED) is 0.374. The summed E-state index contributed by atoms with van der Waals surface area (Å²) >= 11 is 0. The van der Waals surface area contributed by atoms with Gasteiger partial charge in [-0.25, -0.2) is 4.79 Å². The number of carboxylic acid groups (broad SMARTS) is 1. The molecule has 23 heavy (non-hydrogen) atoms. The first-order valence-corrected chi connectivity index (χ1v) is 9.05. The van der Waals surface area contributed by atoms with Crippen molar-refractivity contribution in [1.82, 2.24) is 5.32 Å². The molecular formula is C18H36NNaO3. The zero-order valence-corrected chi connectivity index (χ0v) is 17.7. The van der Waals surface area contributed by atoms with E-state index in [0.717, 1.165) is 19.3 Å². The minimum absolute atomic E-state index is 0. The monoisotopic (exact) mass is 337 g/mol. The first-order valence-electron chi connectivity index (χ1n) is 9.05. The van der Waals surface area contributed by atoms with Gasteiger partial charge < -0.3 is 11.8 Å². The molecule has 2 N–H and O–H groups in total. The van der Waals surface area contributed by atoms with Crippen LogP contribution in [0.3, 0.4) is 0 Å². The van der Waals surface area contributed by atoms with Crippen LogP contribution in [-0.4, -0.2) is 23.0 Å². The van der Waals surface area contributed by atoms with Crippen LogP contribution in [0.4, 0.5) is 0 Å². The van der Waals surface area contributed by atoms with Crippen molar-refractivity contribution in [3.05, 3.63) is 0 Å². The van der Waals surface area contributed by atoms with Crippen LogP contribution < -0.4 is 34.9 Å². The third kappa shape index (κ3) is 14.0. The number of aliphatic carboxylic acids is 1. The van der Waals surface area contributed by atoms with Crippen molar-refractivity contribution >= 4 is 11.9 Å². The fourth-order valence-electron chi connectivity index (χ4n) is 2.52. The third-order valence-corrected chi connectivity index (χ3v) is 4.30. The van der Waals surface area contributed by atoms with Crippen molar-refractivity contribution in [3.8, 4) is 0 Å². The SMILES string of the molecule is CCCCCCCCCCCC(=O)NC(C(=O)O)C(C)CC.[H-].[Na+]. The van der Waals surface area contributed by atoms with Gasteiger partial charge in [0.05, 0.1) is 0 Å². The molecule has 0 saturated heterocycles. The van der Waals surface area contributed by atoms with Gasteiger partial charge in [-0.2, -0.15) is 0 Å². The summed E-state index contributed by atoms with van der Waals surface area (Å²) in [5.74, 6) is -1.10. The van der Waals surface area contributed by atoms with Gasteiger partial charge in [0.2, 0.25) is 5.91 Å². The standard InChI is InChI=1S/C18H35NO3.Na.H/c1-4-6-7-8-9-10-11-12-13-14-16(20)19-17(18(21)22)15(3)5-2;;/h15,17H,4-14H2,1-3H3,(H,19,20)(H,21,22);;/q;+1;-1. The number of amides is 1. The van der Waals surface area contributed by atoms with E-state index in [1.165, 1.54) is 44.9 Å². The minimum Gasteiger partial charge on any atom is -1.00 e.